The Hall–Kier alpha value is -1.92. The van der Waals surface area contributed by atoms with Crippen LogP contribution in [0, 0.1) is 5.92 Å². The van der Waals surface area contributed by atoms with Crippen LogP contribution in [0.4, 0.5) is 11.4 Å². The first-order valence-electron chi connectivity index (χ1n) is 8.68. The van der Waals surface area contributed by atoms with Crippen molar-refractivity contribution >= 4 is 23.2 Å². The van der Waals surface area contributed by atoms with Gasteiger partial charge in [0.2, 0.25) is 5.91 Å². The highest BCUT2D eigenvalue weighted by molar-refractivity contribution is 5.95. The van der Waals surface area contributed by atoms with E-state index in [2.05, 4.69) is 22.9 Å². The predicted octanol–water partition coefficient (Wildman–Crippen LogP) is 2.13. The minimum atomic E-state index is -0.341. The zero-order valence-corrected chi connectivity index (χ0v) is 14.0. The molecule has 3 atom stereocenters. The fraction of sp³-hybridized carbons (Fsp3) is 0.556. The highest BCUT2D eigenvalue weighted by atomic mass is 16.5. The number of hydrogen-bond acceptors (Lipinski definition) is 4. The Labute approximate surface area is 142 Å². The van der Waals surface area contributed by atoms with Crippen LogP contribution in [-0.4, -0.2) is 37.1 Å². The summed E-state index contributed by atoms with van der Waals surface area (Å²) in [6, 6.07) is 7.60. The molecule has 2 amide bonds. The molecule has 2 fully saturated rings. The lowest BCUT2D eigenvalue weighted by molar-refractivity contribution is -0.124. The molecule has 1 unspecified atom stereocenters. The topological polar surface area (TPSA) is 79.5 Å². The third kappa shape index (κ3) is 4.33. The number of carbonyl (C=O) groups excluding carboxylic acids is 2. The first-order valence-corrected chi connectivity index (χ1v) is 8.68. The average molecular weight is 331 g/mol. The number of rotatable bonds is 4. The maximum Gasteiger partial charge on any atom is 0.253 e. The summed E-state index contributed by atoms with van der Waals surface area (Å²) in [7, 11) is 0. The molecule has 1 aromatic carbocycles. The summed E-state index contributed by atoms with van der Waals surface area (Å²) in [5.74, 6) is 0.0209. The van der Waals surface area contributed by atoms with Gasteiger partial charge in [0.25, 0.3) is 5.91 Å². The number of piperidine rings is 1. The van der Waals surface area contributed by atoms with Gasteiger partial charge in [-0.05, 0) is 63.4 Å². The first-order chi connectivity index (χ1) is 11.6. The number of nitrogens with one attached hydrogen (secondary N) is 3. The molecule has 0 saturated carbocycles. The summed E-state index contributed by atoms with van der Waals surface area (Å²) >= 11 is 0. The SMILES string of the molecule is C[C@H]1C[C@@H](C(=O)Nc2ccc(NC(=O)C3CCCO3)cc2)CCN1. The highest BCUT2D eigenvalue weighted by Gasteiger charge is 2.25. The van der Waals surface area contributed by atoms with E-state index in [0.29, 0.717) is 18.3 Å². The number of benzene rings is 1. The summed E-state index contributed by atoms with van der Waals surface area (Å²) < 4.78 is 5.36. The van der Waals surface area contributed by atoms with Crippen LogP contribution in [0.3, 0.4) is 0 Å². The van der Waals surface area contributed by atoms with Crippen molar-refractivity contribution in [3.05, 3.63) is 24.3 Å². The lowest BCUT2D eigenvalue weighted by Gasteiger charge is -2.27. The molecular formula is C18H25N3O3. The quantitative estimate of drug-likeness (QED) is 0.790. The smallest absolute Gasteiger partial charge is 0.253 e. The molecule has 0 spiro atoms. The fourth-order valence-electron chi connectivity index (χ4n) is 3.26. The van der Waals surface area contributed by atoms with Gasteiger partial charge < -0.3 is 20.7 Å². The molecule has 2 aliphatic heterocycles. The van der Waals surface area contributed by atoms with E-state index >= 15 is 0 Å². The zero-order chi connectivity index (χ0) is 16.9. The van der Waals surface area contributed by atoms with E-state index in [1.165, 1.54) is 0 Å². The van der Waals surface area contributed by atoms with Crippen LogP contribution in [0.2, 0.25) is 0 Å². The van der Waals surface area contributed by atoms with Crippen molar-refractivity contribution in [2.24, 2.45) is 5.92 Å². The van der Waals surface area contributed by atoms with Gasteiger partial charge in [0.05, 0.1) is 0 Å². The number of ether oxygens (including phenoxy) is 1. The van der Waals surface area contributed by atoms with Gasteiger partial charge in [-0.15, -0.1) is 0 Å². The Morgan fingerprint density at radius 1 is 1.08 bits per heavy atom. The summed E-state index contributed by atoms with van der Waals surface area (Å²) in [6.07, 6.45) is 3.09. The van der Waals surface area contributed by atoms with Gasteiger partial charge in [-0.3, -0.25) is 9.59 Å². The first kappa shape index (κ1) is 16.9. The van der Waals surface area contributed by atoms with Crippen LogP contribution in [0.25, 0.3) is 0 Å². The van der Waals surface area contributed by atoms with E-state index in [0.717, 1.165) is 37.9 Å². The van der Waals surface area contributed by atoms with Crippen LogP contribution in [0.1, 0.15) is 32.6 Å². The van der Waals surface area contributed by atoms with Crippen molar-refractivity contribution in [2.75, 3.05) is 23.8 Å². The molecule has 3 rings (SSSR count). The molecule has 6 nitrogen and oxygen atoms in total. The lowest BCUT2D eigenvalue weighted by atomic mass is 9.92. The van der Waals surface area contributed by atoms with E-state index in [9.17, 15) is 9.59 Å². The third-order valence-electron chi connectivity index (χ3n) is 4.64. The zero-order valence-electron chi connectivity index (χ0n) is 14.0. The number of hydrogen-bond donors (Lipinski definition) is 3. The Balaban J connectivity index is 1.52. The second-order valence-electron chi connectivity index (χ2n) is 6.63. The van der Waals surface area contributed by atoms with Crippen LogP contribution in [0.5, 0.6) is 0 Å². The Morgan fingerprint density at radius 3 is 2.33 bits per heavy atom. The molecule has 2 heterocycles. The molecular weight excluding hydrogens is 306 g/mol. The molecule has 2 saturated heterocycles. The van der Waals surface area contributed by atoms with Gasteiger partial charge in [-0.2, -0.15) is 0 Å². The van der Waals surface area contributed by atoms with Gasteiger partial charge in [0.15, 0.2) is 0 Å². The predicted molar refractivity (Wildman–Crippen MR) is 92.9 cm³/mol. The maximum absolute atomic E-state index is 12.3. The van der Waals surface area contributed by atoms with Crippen LogP contribution in [-0.2, 0) is 14.3 Å². The minimum absolute atomic E-state index is 0.0557. The standard InChI is InChI=1S/C18H25N3O3/c1-12-11-13(8-9-19-12)17(22)20-14-4-6-15(7-5-14)21-18(23)16-3-2-10-24-16/h4-7,12-13,16,19H,2-3,8-11H2,1H3,(H,20,22)(H,21,23)/t12-,13-,16?/m0/s1. The second-order valence-corrected chi connectivity index (χ2v) is 6.63. The van der Waals surface area contributed by atoms with Crippen LogP contribution >= 0.6 is 0 Å². The Morgan fingerprint density at radius 2 is 1.75 bits per heavy atom. The Bertz CT molecular complexity index is 582. The molecule has 0 aromatic heterocycles. The van der Waals surface area contributed by atoms with Crippen molar-refractivity contribution in [3.8, 4) is 0 Å². The molecule has 0 bridgehead atoms. The van der Waals surface area contributed by atoms with Crippen LogP contribution < -0.4 is 16.0 Å². The molecule has 0 radical (unpaired) electrons. The van der Waals surface area contributed by atoms with Gasteiger partial charge >= 0.3 is 0 Å². The number of anilines is 2. The number of carbonyl (C=O) groups is 2. The van der Waals surface area contributed by atoms with E-state index < -0.39 is 0 Å². The molecule has 2 aliphatic rings. The number of amides is 2. The molecule has 3 N–H and O–H groups in total. The van der Waals surface area contributed by atoms with Crippen molar-refractivity contribution in [1.82, 2.24) is 5.32 Å². The Kier molecular flexibility index (Phi) is 5.48. The fourth-order valence-corrected chi connectivity index (χ4v) is 3.26. The molecule has 0 aliphatic carbocycles. The van der Waals surface area contributed by atoms with E-state index in [1.807, 2.05) is 12.1 Å². The third-order valence-corrected chi connectivity index (χ3v) is 4.64. The van der Waals surface area contributed by atoms with Crippen molar-refractivity contribution in [3.63, 3.8) is 0 Å². The monoisotopic (exact) mass is 331 g/mol. The summed E-state index contributed by atoms with van der Waals surface area (Å²) in [5.41, 5.74) is 1.46. The summed E-state index contributed by atoms with van der Waals surface area (Å²) in [5, 5.41) is 9.16. The normalized spacial score (nSPS) is 26.8. The van der Waals surface area contributed by atoms with Gasteiger partial charge in [-0.25, -0.2) is 0 Å². The lowest BCUT2D eigenvalue weighted by Crippen LogP contribution is -2.40. The summed E-state index contributed by atoms with van der Waals surface area (Å²) in [6.45, 7) is 3.64. The summed E-state index contributed by atoms with van der Waals surface area (Å²) in [4.78, 5) is 24.3. The van der Waals surface area contributed by atoms with Crippen molar-refractivity contribution < 1.29 is 14.3 Å². The van der Waals surface area contributed by atoms with Crippen molar-refractivity contribution in [2.45, 2.75) is 44.8 Å². The molecule has 1 aromatic rings. The molecule has 24 heavy (non-hydrogen) atoms. The van der Waals surface area contributed by atoms with E-state index in [4.69, 9.17) is 4.74 Å². The van der Waals surface area contributed by atoms with Crippen molar-refractivity contribution in [1.29, 1.82) is 0 Å². The minimum Gasteiger partial charge on any atom is -0.368 e. The van der Waals surface area contributed by atoms with Crippen LogP contribution in [0.15, 0.2) is 24.3 Å². The van der Waals surface area contributed by atoms with Gasteiger partial charge in [-0.1, -0.05) is 0 Å². The van der Waals surface area contributed by atoms with Gasteiger partial charge in [0, 0.05) is 29.9 Å². The van der Waals surface area contributed by atoms with E-state index in [-0.39, 0.29) is 23.8 Å². The molecule has 130 valence electrons. The maximum atomic E-state index is 12.3. The highest BCUT2D eigenvalue weighted by Crippen LogP contribution is 2.20. The van der Waals surface area contributed by atoms with E-state index in [1.54, 1.807) is 12.1 Å². The largest absolute Gasteiger partial charge is 0.368 e. The van der Waals surface area contributed by atoms with Gasteiger partial charge in [0.1, 0.15) is 6.10 Å². The average Bonchev–Trinajstić information content (AvgIpc) is 3.11. The molecule has 6 heteroatoms. The second kappa shape index (κ2) is 7.77.